The minimum absolute atomic E-state index is 0.0482. The van der Waals surface area contributed by atoms with Gasteiger partial charge in [-0.15, -0.1) is 0 Å². The van der Waals surface area contributed by atoms with Gasteiger partial charge in [-0.05, 0) is 12.1 Å². The molecule has 0 radical (unpaired) electrons. The van der Waals surface area contributed by atoms with E-state index in [-0.39, 0.29) is 24.6 Å². The summed E-state index contributed by atoms with van der Waals surface area (Å²) >= 11 is 0. The van der Waals surface area contributed by atoms with Crippen molar-refractivity contribution in [1.82, 2.24) is 9.29 Å². The molecule has 0 saturated carbocycles. The van der Waals surface area contributed by atoms with Crippen molar-refractivity contribution in [3.63, 3.8) is 0 Å². The molecular weight excluding hydrogens is 268 g/mol. The number of morpholine rings is 1. The molecule has 7 nitrogen and oxygen atoms in total. The average Bonchev–Trinajstić information content (AvgIpc) is 2.47. The van der Waals surface area contributed by atoms with E-state index in [1.54, 1.807) is 13.1 Å². The molecule has 0 amide bonds. The summed E-state index contributed by atoms with van der Waals surface area (Å²) in [6.07, 6.45) is 0.589. The van der Waals surface area contributed by atoms with Crippen molar-refractivity contribution in [2.24, 2.45) is 0 Å². The number of rotatable bonds is 3. The molecule has 1 aliphatic heterocycles. The lowest BCUT2D eigenvalue weighted by Gasteiger charge is -2.28. The van der Waals surface area contributed by atoms with Gasteiger partial charge in [-0.25, -0.2) is 13.4 Å². The van der Waals surface area contributed by atoms with Crippen LogP contribution >= 0.6 is 0 Å². The first-order valence-electron chi connectivity index (χ1n) is 5.73. The highest BCUT2D eigenvalue weighted by Gasteiger charge is 2.30. The summed E-state index contributed by atoms with van der Waals surface area (Å²) in [4.78, 5) is 4.10. The van der Waals surface area contributed by atoms with Crippen molar-refractivity contribution in [2.75, 3.05) is 32.1 Å². The second kappa shape index (κ2) is 5.52. The molecule has 102 valence electrons. The first kappa shape index (κ1) is 13.7. The summed E-state index contributed by atoms with van der Waals surface area (Å²) in [5.41, 5.74) is 0. The van der Waals surface area contributed by atoms with E-state index in [2.05, 4.69) is 10.3 Å². The van der Waals surface area contributed by atoms with Gasteiger partial charge < -0.3 is 10.1 Å². The van der Waals surface area contributed by atoms with Crippen molar-refractivity contribution in [2.45, 2.75) is 11.0 Å². The second-order valence-electron chi connectivity index (χ2n) is 3.98. The van der Waals surface area contributed by atoms with Crippen LogP contribution in [-0.2, 0) is 14.8 Å². The highest BCUT2D eigenvalue weighted by atomic mass is 32.2. The average molecular weight is 282 g/mol. The fourth-order valence-corrected chi connectivity index (χ4v) is 3.12. The minimum Gasteiger partial charge on any atom is -0.373 e. The monoisotopic (exact) mass is 282 g/mol. The number of sulfonamides is 1. The van der Waals surface area contributed by atoms with Crippen LogP contribution in [0.1, 0.15) is 0 Å². The highest BCUT2D eigenvalue weighted by Crippen LogP contribution is 2.18. The maximum Gasteiger partial charge on any atom is 0.244 e. The van der Waals surface area contributed by atoms with Gasteiger partial charge in [0.1, 0.15) is 10.7 Å². The van der Waals surface area contributed by atoms with E-state index in [0.29, 0.717) is 5.82 Å². The molecule has 0 aromatic carbocycles. The van der Waals surface area contributed by atoms with Gasteiger partial charge in [0.15, 0.2) is 6.10 Å². The number of hydrogen-bond acceptors (Lipinski definition) is 6. The normalized spacial score (nSPS) is 20.7. The minimum atomic E-state index is -3.62. The summed E-state index contributed by atoms with van der Waals surface area (Å²) in [7, 11) is -1.91. The quantitative estimate of drug-likeness (QED) is 0.840. The molecule has 19 heavy (non-hydrogen) atoms. The fourth-order valence-electron chi connectivity index (χ4n) is 1.75. The van der Waals surface area contributed by atoms with Crippen molar-refractivity contribution in [3.8, 4) is 6.07 Å². The zero-order valence-electron chi connectivity index (χ0n) is 10.4. The zero-order chi connectivity index (χ0) is 13.9. The number of hydrogen-bond donors (Lipinski definition) is 1. The van der Waals surface area contributed by atoms with Crippen LogP contribution in [0.3, 0.4) is 0 Å². The number of pyridine rings is 1. The van der Waals surface area contributed by atoms with Gasteiger partial charge in [-0.2, -0.15) is 9.57 Å². The van der Waals surface area contributed by atoms with Crippen LogP contribution in [0.15, 0.2) is 23.2 Å². The lowest BCUT2D eigenvalue weighted by Crippen LogP contribution is -2.45. The Morgan fingerprint density at radius 1 is 1.58 bits per heavy atom. The Balaban J connectivity index is 2.23. The van der Waals surface area contributed by atoms with Crippen molar-refractivity contribution in [3.05, 3.63) is 18.3 Å². The summed E-state index contributed by atoms with van der Waals surface area (Å²) < 4.78 is 31.1. The van der Waals surface area contributed by atoms with Crippen molar-refractivity contribution in [1.29, 1.82) is 5.26 Å². The molecule has 2 heterocycles. The Hall–Kier alpha value is -1.69. The number of nitrogens with zero attached hydrogens (tertiary/aromatic N) is 3. The van der Waals surface area contributed by atoms with Crippen LogP contribution in [0.2, 0.25) is 0 Å². The van der Waals surface area contributed by atoms with Gasteiger partial charge >= 0.3 is 0 Å². The Bertz CT molecular complexity index is 579. The number of ether oxygens (including phenoxy) is 1. The van der Waals surface area contributed by atoms with Crippen LogP contribution in [0.4, 0.5) is 5.82 Å². The molecule has 1 aromatic rings. The van der Waals surface area contributed by atoms with Gasteiger partial charge in [-0.3, -0.25) is 0 Å². The van der Waals surface area contributed by atoms with E-state index in [4.69, 9.17) is 10.00 Å². The molecule has 1 atom stereocenters. The van der Waals surface area contributed by atoms with Crippen molar-refractivity contribution < 1.29 is 13.2 Å². The van der Waals surface area contributed by atoms with E-state index < -0.39 is 16.1 Å². The standard InChI is InChI=1S/C11H14N4O3S/c1-13-11-3-2-10(7-14-11)19(16,17)15-4-5-18-9(6-12)8-15/h2-3,7,9H,4-5,8H2,1H3,(H,13,14). The molecule has 1 fully saturated rings. The summed E-state index contributed by atoms with van der Waals surface area (Å²) in [5.74, 6) is 0.593. The van der Waals surface area contributed by atoms with Crippen LogP contribution in [0, 0.1) is 11.3 Å². The molecule has 0 bridgehead atoms. The summed E-state index contributed by atoms with van der Waals surface area (Å²) in [6.45, 7) is 0.514. The van der Waals surface area contributed by atoms with E-state index in [0.717, 1.165) is 0 Å². The predicted molar refractivity (Wildman–Crippen MR) is 67.9 cm³/mol. The molecule has 0 spiro atoms. The zero-order valence-corrected chi connectivity index (χ0v) is 11.2. The third-order valence-corrected chi connectivity index (χ3v) is 4.65. The van der Waals surface area contributed by atoms with Gasteiger partial charge in [0.25, 0.3) is 0 Å². The Morgan fingerprint density at radius 3 is 2.95 bits per heavy atom. The highest BCUT2D eigenvalue weighted by molar-refractivity contribution is 7.89. The Morgan fingerprint density at radius 2 is 2.37 bits per heavy atom. The largest absolute Gasteiger partial charge is 0.373 e. The van der Waals surface area contributed by atoms with Crippen LogP contribution in [0.5, 0.6) is 0 Å². The Kier molecular flexibility index (Phi) is 3.99. The molecule has 2 rings (SSSR count). The lowest BCUT2D eigenvalue weighted by molar-refractivity contribution is 0.0311. The first-order valence-corrected chi connectivity index (χ1v) is 7.17. The third-order valence-electron chi connectivity index (χ3n) is 2.80. The molecule has 8 heteroatoms. The summed E-state index contributed by atoms with van der Waals surface area (Å²) in [5, 5.41) is 11.6. The maximum absolute atomic E-state index is 12.3. The lowest BCUT2D eigenvalue weighted by atomic mass is 10.3. The molecule has 0 aliphatic carbocycles. The van der Waals surface area contributed by atoms with E-state index in [1.807, 2.05) is 6.07 Å². The van der Waals surface area contributed by atoms with Crippen molar-refractivity contribution >= 4 is 15.8 Å². The Labute approximate surface area is 111 Å². The predicted octanol–water partition coefficient (Wildman–Crippen LogP) is 0.0364. The van der Waals surface area contributed by atoms with E-state index in [9.17, 15) is 8.42 Å². The number of nitrogens with one attached hydrogen (secondary N) is 1. The molecule has 1 saturated heterocycles. The van der Waals surface area contributed by atoms with Crippen LogP contribution in [-0.4, -0.2) is 50.6 Å². The summed E-state index contributed by atoms with van der Waals surface area (Å²) in [6, 6.07) is 5.01. The van der Waals surface area contributed by atoms with E-state index >= 15 is 0 Å². The third kappa shape index (κ3) is 2.84. The SMILES string of the molecule is CNc1ccc(S(=O)(=O)N2CCOC(C#N)C2)cn1. The molecular formula is C11H14N4O3S. The number of aromatic nitrogens is 1. The number of nitriles is 1. The molecule has 1 aliphatic rings. The van der Waals surface area contributed by atoms with Gasteiger partial charge in [0, 0.05) is 19.8 Å². The maximum atomic E-state index is 12.3. The number of anilines is 1. The van der Waals surface area contributed by atoms with Crippen LogP contribution < -0.4 is 5.32 Å². The molecule has 1 unspecified atom stereocenters. The molecule has 1 N–H and O–H groups in total. The topological polar surface area (TPSA) is 95.3 Å². The smallest absolute Gasteiger partial charge is 0.244 e. The molecule has 1 aromatic heterocycles. The van der Waals surface area contributed by atoms with Gasteiger partial charge in [-0.1, -0.05) is 0 Å². The van der Waals surface area contributed by atoms with Gasteiger partial charge in [0.05, 0.1) is 19.2 Å². The van der Waals surface area contributed by atoms with E-state index in [1.165, 1.54) is 16.6 Å². The first-order chi connectivity index (χ1) is 9.07. The fraction of sp³-hybridized carbons (Fsp3) is 0.455. The van der Waals surface area contributed by atoms with Crippen LogP contribution in [0.25, 0.3) is 0 Å². The second-order valence-corrected chi connectivity index (χ2v) is 5.92. The van der Waals surface area contributed by atoms with Gasteiger partial charge in [0.2, 0.25) is 10.0 Å².